The molecule has 0 aromatic rings. The van der Waals surface area contributed by atoms with E-state index in [1.165, 1.54) is 0 Å². The maximum absolute atomic E-state index is 10.4. The Kier molecular flexibility index (Phi) is 6.09. The van der Waals surface area contributed by atoms with E-state index in [0.717, 1.165) is 6.42 Å². The molecule has 0 saturated carbocycles. The van der Waals surface area contributed by atoms with Gasteiger partial charge in [-0.3, -0.25) is 0 Å². The fraction of sp³-hybridized carbons (Fsp3) is 0.917. The molecule has 5 heteroatoms. The van der Waals surface area contributed by atoms with E-state index < -0.39 is 12.1 Å². The van der Waals surface area contributed by atoms with Crippen molar-refractivity contribution in [3.05, 3.63) is 0 Å². The first kappa shape index (κ1) is 16.4. The number of aliphatic hydroxyl groups excluding tert-OH is 2. The monoisotopic (exact) mass is 247 g/mol. The van der Waals surface area contributed by atoms with Crippen LogP contribution in [0.3, 0.4) is 0 Å². The van der Waals surface area contributed by atoms with Gasteiger partial charge in [-0.05, 0) is 17.3 Å². The van der Waals surface area contributed by atoms with Crippen LogP contribution < -0.4 is 5.32 Å². The summed E-state index contributed by atoms with van der Waals surface area (Å²) in [4.78, 5) is 10.4. The highest BCUT2D eigenvalue weighted by Gasteiger charge is 2.28. The van der Waals surface area contributed by atoms with Crippen LogP contribution in [0.25, 0.3) is 0 Å². The number of aliphatic carboxylic acids is 1. The molecule has 0 rings (SSSR count). The van der Waals surface area contributed by atoms with Crippen LogP contribution in [0.15, 0.2) is 0 Å². The minimum Gasteiger partial charge on any atom is -0.479 e. The summed E-state index contributed by atoms with van der Waals surface area (Å²) in [5.41, 5.74) is -0.221. The van der Waals surface area contributed by atoms with Gasteiger partial charge in [0.25, 0.3) is 0 Å². The first-order valence-electron chi connectivity index (χ1n) is 5.82. The first-order chi connectivity index (χ1) is 7.59. The summed E-state index contributed by atoms with van der Waals surface area (Å²) in [7, 11) is 0. The van der Waals surface area contributed by atoms with Crippen LogP contribution in [0.5, 0.6) is 0 Å². The Morgan fingerprint density at radius 1 is 1.24 bits per heavy atom. The van der Waals surface area contributed by atoms with Crippen LogP contribution >= 0.6 is 0 Å². The Balaban J connectivity index is 4.06. The van der Waals surface area contributed by atoms with Gasteiger partial charge < -0.3 is 20.6 Å². The summed E-state index contributed by atoms with van der Waals surface area (Å²) in [6.07, 6.45) is -0.552. The third kappa shape index (κ3) is 7.31. The molecule has 0 aliphatic heterocycles. The highest BCUT2D eigenvalue weighted by molar-refractivity contribution is 5.72. The molecule has 1 unspecified atom stereocenters. The quantitative estimate of drug-likeness (QED) is 0.500. The van der Waals surface area contributed by atoms with Gasteiger partial charge in [-0.1, -0.05) is 27.7 Å². The van der Waals surface area contributed by atoms with Crippen LogP contribution in [0, 0.1) is 10.8 Å². The van der Waals surface area contributed by atoms with Crippen LogP contribution in [0.4, 0.5) is 0 Å². The van der Waals surface area contributed by atoms with Gasteiger partial charge in [-0.2, -0.15) is 0 Å². The van der Waals surface area contributed by atoms with E-state index >= 15 is 0 Å². The molecule has 102 valence electrons. The van der Waals surface area contributed by atoms with Crippen molar-refractivity contribution in [3.63, 3.8) is 0 Å². The van der Waals surface area contributed by atoms with E-state index in [2.05, 4.69) is 5.32 Å². The number of carbonyl (C=O) groups is 1. The molecule has 0 bridgehead atoms. The Morgan fingerprint density at radius 2 is 1.76 bits per heavy atom. The SMILES string of the molecule is CC(C)(CO)CC(C)(C)CNCC(O)C(=O)O. The summed E-state index contributed by atoms with van der Waals surface area (Å²) < 4.78 is 0. The normalized spacial score (nSPS) is 14.7. The number of aliphatic hydroxyl groups is 2. The molecule has 1 atom stereocenters. The zero-order valence-electron chi connectivity index (χ0n) is 11.2. The number of nitrogens with one attached hydrogen (secondary N) is 1. The molecule has 0 amide bonds. The molecule has 0 aromatic heterocycles. The Labute approximate surface area is 103 Å². The minimum atomic E-state index is -1.36. The lowest BCUT2D eigenvalue weighted by molar-refractivity contribution is -0.146. The highest BCUT2D eigenvalue weighted by atomic mass is 16.4. The molecule has 0 aliphatic rings. The number of hydrogen-bond donors (Lipinski definition) is 4. The van der Waals surface area contributed by atoms with E-state index in [4.69, 9.17) is 10.2 Å². The summed E-state index contributed by atoms with van der Waals surface area (Å²) in [5, 5.41) is 29.8. The van der Waals surface area contributed by atoms with Crippen LogP contribution in [0.1, 0.15) is 34.1 Å². The predicted molar refractivity (Wildman–Crippen MR) is 65.8 cm³/mol. The minimum absolute atomic E-state index is 0.0400. The molecule has 5 nitrogen and oxygen atoms in total. The maximum Gasteiger partial charge on any atom is 0.333 e. The van der Waals surface area contributed by atoms with Crippen molar-refractivity contribution >= 4 is 5.97 Å². The number of carboxylic acids is 1. The van der Waals surface area contributed by atoms with Crippen molar-refractivity contribution in [2.45, 2.75) is 40.2 Å². The summed E-state index contributed by atoms with van der Waals surface area (Å²) in [6.45, 7) is 8.82. The number of rotatable bonds is 8. The molecular weight excluding hydrogens is 222 g/mol. The molecule has 0 fully saturated rings. The van der Waals surface area contributed by atoms with Gasteiger partial charge in [0.15, 0.2) is 6.10 Å². The maximum atomic E-state index is 10.4. The van der Waals surface area contributed by atoms with Crippen LogP contribution in [-0.2, 0) is 4.79 Å². The molecule has 0 aromatic carbocycles. The van der Waals surface area contributed by atoms with Gasteiger partial charge in [0.05, 0.1) is 0 Å². The highest BCUT2D eigenvalue weighted by Crippen LogP contribution is 2.32. The van der Waals surface area contributed by atoms with Gasteiger partial charge in [-0.25, -0.2) is 4.79 Å². The van der Waals surface area contributed by atoms with E-state index in [1.807, 2.05) is 27.7 Å². The summed E-state index contributed by atoms with van der Waals surface area (Å²) >= 11 is 0. The molecule has 0 aliphatic carbocycles. The predicted octanol–water partition coefficient (Wildman–Crippen LogP) is 0.456. The third-order valence-corrected chi connectivity index (χ3v) is 2.61. The molecule has 0 spiro atoms. The van der Waals surface area contributed by atoms with Crippen molar-refractivity contribution in [1.29, 1.82) is 0 Å². The molecular formula is C12H25NO4. The second-order valence-corrected chi connectivity index (χ2v) is 6.15. The molecule has 0 radical (unpaired) electrons. The van der Waals surface area contributed by atoms with E-state index in [1.54, 1.807) is 0 Å². The number of carboxylic acid groups (broad SMARTS) is 1. The lowest BCUT2D eigenvalue weighted by Crippen LogP contribution is -2.40. The van der Waals surface area contributed by atoms with Gasteiger partial charge in [0.1, 0.15) is 0 Å². The van der Waals surface area contributed by atoms with Crippen molar-refractivity contribution in [3.8, 4) is 0 Å². The van der Waals surface area contributed by atoms with Gasteiger partial charge >= 0.3 is 5.97 Å². The second-order valence-electron chi connectivity index (χ2n) is 6.15. The van der Waals surface area contributed by atoms with Crippen LogP contribution in [0.2, 0.25) is 0 Å². The van der Waals surface area contributed by atoms with Crippen molar-refractivity contribution in [2.24, 2.45) is 10.8 Å². The average molecular weight is 247 g/mol. The van der Waals surface area contributed by atoms with E-state index in [-0.39, 0.29) is 24.0 Å². The van der Waals surface area contributed by atoms with Gasteiger partial charge in [0.2, 0.25) is 0 Å². The van der Waals surface area contributed by atoms with Crippen molar-refractivity contribution in [1.82, 2.24) is 5.32 Å². The first-order valence-corrected chi connectivity index (χ1v) is 5.82. The largest absolute Gasteiger partial charge is 0.479 e. The molecule has 17 heavy (non-hydrogen) atoms. The topological polar surface area (TPSA) is 89.8 Å². The molecule has 0 heterocycles. The lowest BCUT2D eigenvalue weighted by atomic mass is 9.75. The fourth-order valence-corrected chi connectivity index (χ4v) is 2.05. The summed E-state index contributed by atoms with van der Waals surface area (Å²) in [5.74, 6) is -1.22. The van der Waals surface area contributed by atoms with Crippen molar-refractivity contribution < 1.29 is 20.1 Å². The number of hydrogen-bond acceptors (Lipinski definition) is 4. The zero-order chi connectivity index (χ0) is 13.7. The van der Waals surface area contributed by atoms with E-state index in [0.29, 0.717) is 6.54 Å². The fourth-order valence-electron chi connectivity index (χ4n) is 2.05. The third-order valence-electron chi connectivity index (χ3n) is 2.61. The van der Waals surface area contributed by atoms with Crippen LogP contribution in [-0.4, -0.2) is 47.1 Å². The average Bonchev–Trinajstić information content (AvgIpc) is 2.15. The molecule has 4 N–H and O–H groups in total. The smallest absolute Gasteiger partial charge is 0.333 e. The Hall–Kier alpha value is -0.650. The lowest BCUT2D eigenvalue weighted by Gasteiger charge is -2.34. The second kappa shape index (κ2) is 6.33. The standard InChI is InChI=1S/C12H25NO4/c1-11(2,6-12(3,4)8-14)7-13-5-9(15)10(16)17/h9,13-15H,5-8H2,1-4H3,(H,16,17). The summed E-state index contributed by atoms with van der Waals surface area (Å²) in [6, 6.07) is 0. The zero-order valence-corrected chi connectivity index (χ0v) is 11.2. The van der Waals surface area contributed by atoms with Gasteiger partial charge in [-0.15, -0.1) is 0 Å². The Bertz CT molecular complexity index is 251. The Morgan fingerprint density at radius 3 is 2.18 bits per heavy atom. The van der Waals surface area contributed by atoms with E-state index in [9.17, 15) is 9.90 Å². The molecule has 0 saturated heterocycles. The van der Waals surface area contributed by atoms with Crippen molar-refractivity contribution in [2.75, 3.05) is 19.7 Å². The van der Waals surface area contributed by atoms with Gasteiger partial charge in [0, 0.05) is 19.7 Å².